The van der Waals surface area contributed by atoms with Crippen LogP contribution in [0.4, 0.5) is 0 Å². The summed E-state index contributed by atoms with van der Waals surface area (Å²) in [5, 5.41) is 7.13. The van der Waals surface area contributed by atoms with Crippen LogP contribution in [0.25, 0.3) is 11.3 Å². The molecule has 138 valence electrons. The molecule has 1 N–H and O–H groups in total. The van der Waals surface area contributed by atoms with Crippen molar-refractivity contribution in [2.45, 2.75) is 13.0 Å². The maximum atomic E-state index is 12.4. The number of ether oxygens (including phenoxy) is 1. The summed E-state index contributed by atoms with van der Waals surface area (Å²) in [4.78, 5) is 24.5. The molecule has 0 saturated carbocycles. The van der Waals surface area contributed by atoms with E-state index in [0.29, 0.717) is 18.8 Å². The van der Waals surface area contributed by atoms with E-state index in [1.807, 2.05) is 60.7 Å². The molecule has 1 aromatic heterocycles. The Hall–Kier alpha value is -3.41. The number of nitrogens with one attached hydrogen (secondary N) is 1. The Morgan fingerprint density at radius 3 is 2.41 bits per heavy atom. The van der Waals surface area contributed by atoms with Gasteiger partial charge < -0.3 is 10.1 Å². The Kier molecular flexibility index (Phi) is 5.99. The summed E-state index contributed by atoms with van der Waals surface area (Å²) < 4.78 is 6.75. The van der Waals surface area contributed by atoms with Gasteiger partial charge in [0.1, 0.15) is 18.4 Å². The molecule has 1 amide bonds. The fraction of sp³-hybridized carbons (Fsp3) is 0.190. The fourth-order valence-corrected chi connectivity index (χ4v) is 2.58. The molecule has 1 unspecified atom stereocenters. The lowest BCUT2D eigenvalue weighted by molar-refractivity contribution is -0.124. The molecule has 0 aliphatic rings. The van der Waals surface area contributed by atoms with Crippen LogP contribution in [0.1, 0.15) is 13.0 Å². The fourth-order valence-electron chi connectivity index (χ4n) is 2.58. The lowest BCUT2D eigenvalue weighted by Gasteiger charge is -2.15. The molecule has 0 fully saturated rings. The Bertz CT molecular complexity index is 940. The Morgan fingerprint density at radius 2 is 1.70 bits per heavy atom. The summed E-state index contributed by atoms with van der Waals surface area (Å²) >= 11 is 0. The molecule has 6 nitrogen and oxygen atoms in total. The summed E-state index contributed by atoms with van der Waals surface area (Å²) in [5.74, 6) is 0.458. The summed E-state index contributed by atoms with van der Waals surface area (Å²) in [7, 11) is 0. The quantitative estimate of drug-likeness (QED) is 0.655. The number of para-hydroxylation sites is 1. The Labute approximate surface area is 157 Å². The average molecular weight is 363 g/mol. The highest BCUT2D eigenvalue weighted by molar-refractivity contribution is 5.79. The van der Waals surface area contributed by atoms with Crippen molar-refractivity contribution in [3.63, 3.8) is 0 Å². The third-order valence-electron chi connectivity index (χ3n) is 4.05. The first-order valence-corrected chi connectivity index (χ1v) is 8.76. The molecular formula is C21H21N3O3. The zero-order valence-corrected chi connectivity index (χ0v) is 15.0. The molecule has 3 aromatic rings. The van der Waals surface area contributed by atoms with Crippen molar-refractivity contribution >= 4 is 5.91 Å². The number of nitrogens with zero attached hydrogens (tertiary/aromatic N) is 2. The molecule has 3 rings (SSSR count). The van der Waals surface area contributed by atoms with Crippen molar-refractivity contribution in [1.82, 2.24) is 15.1 Å². The number of hydrogen-bond donors (Lipinski definition) is 1. The minimum atomic E-state index is -0.724. The van der Waals surface area contributed by atoms with Gasteiger partial charge in [0.05, 0.1) is 12.2 Å². The van der Waals surface area contributed by atoms with Gasteiger partial charge in [0.25, 0.3) is 5.56 Å². The summed E-state index contributed by atoms with van der Waals surface area (Å²) in [6.45, 7) is 2.33. The number of carbonyl (C=O) groups is 1. The second kappa shape index (κ2) is 8.80. The van der Waals surface area contributed by atoms with E-state index in [1.165, 1.54) is 10.7 Å². The first-order chi connectivity index (χ1) is 13.1. The van der Waals surface area contributed by atoms with Crippen LogP contribution in [0.15, 0.2) is 77.6 Å². The first-order valence-electron chi connectivity index (χ1n) is 8.76. The van der Waals surface area contributed by atoms with E-state index in [9.17, 15) is 9.59 Å². The van der Waals surface area contributed by atoms with Crippen molar-refractivity contribution < 1.29 is 9.53 Å². The van der Waals surface area contributed by atoms with Crippen LogP contribution in [0.2, 0.25) is 0 Å². The van der Waals surface area contributed by atoms with E-state index in [0.717, 1.165) is 11.3 Å². The Morgan fingerprint density at radius 1 is 1.04 bits per heavy atom. The highest BCUT2D eigenvalue weighted by atomic mass is 16.5. The lowest BCUT2D eigenvalue weighted by atomic mass is 10.1. The number of rotatable bonds is 7. The molecular weight excluding hydrogens is 342 g/mol. The molecule has 0 bridgehead atoms. The second-order valence-corrected chi connectivity index (χ2v) is 6.00. The lowest BCUT2D eigenvalue weighted by Crippen LogP contribution is -2.38. The maximum Gasteiger partial charge on any atom is 0.267 e. The van der Waals surface area contributed by atoms with Gasteiger partial charge in [-0.3, -0.25) is 9.59 Å². The minimum Gasteiger partial charge on any atom is -0.492 e. The largest absolute Gasteiger partial charge is 0.492 e. The van der Waals surface area contributed by atoms with Crippen LogP contribution in [0, 0.1) is 0 Å². The van der Waals surface area contributed by atoms with Crippen LogP contribution in [-0.2, 0) is 4.79 Å². The topological polar surface area (TPSA) is 73.2 Å². The highest BCUT2D eigenvalue weighted by Gasteiger charge is 2.17. The van der Waals surface area contributed by atoms with Crippen LogP contribution < -0.4 is 15.6 Å². The highest BCUT2D eigenvalue weighted by Crippen LogP contribution is 2.15. The summed E-state index contributed by atoms with van der Waals surface area (Å²) in [6.07, 6.45) is 0. The van der Waals surface area contributed by atoms with Crippen LogP contribution >= 0.6 is 0 Å². The number of amides is 1. The van der Waals surface area contributed by atoms with E-state index >= 15 is 0 Å². The summed E-state index contributed by atoms with van der Waals surface area (Å²) in [6, 6.07) is 21.3. The van der Waals surface area contributed by atoms with Crippen LogP contribution in [0.5, 0.6) is 5.75 Å². The minimum absolute atomic E-state index is 0.286. The molecule has 0 spiro atoms. The van der Waals surface area contributed by atoms with Crippen molar-refractivity contribution in [1.29, 1.82) is 0 Å². The summed E-state index contributed by atoms with van der Waals surface area (Å²) in [5.41, 5.74) is 1.20. The van der Waals surface area contributed by atoms with E-state index in [-0.39, 0.29) is 11.5 Å². The third kappa shape index (κ3) is 4.82. The van der Waals surface area contributed by atoms with Crippen LogP contribution in [-0.4, -0.2) is 28.8 Å². The van der Waals surface area contributed by atoms with Gasteiger partial charge in [0.15, 0.2) is 0 Å². The predicted molar refractivity (Wildman–Crippen MR) is 104 cm³/mol. The zero-order valence-electron chi connectivity index (χ0n) is 15.0. The molecule has 27 heavy (non-hydrogen) atoms. The number of aromatic nitrogens is 2. The van der Waals surface area contributed by atoms with Gasteiger partial charge >= 0.3 is 0 Å². The average Bonchev–Trinajstić information content (AvgIpc) is 2.72. The van der Waals surface area contributed by atoms with E-state index in [4.69, 9.17) is 4.74 Å². The third-order valence-corrected chi connectivity index (χ3v) is 4.05. The SMILES string of the molecule is CC(C(=O)NCCOc1ccccc1)n1nc(-c2ccccc2)ccc1=O. The van der Waals surface area contributed by atoms with Crippen molar-refractivity contribution in [3.8, 4) is 17.0 Å². The normalized spacial score (nSPS) is 11.6. The Balaban J connectivity index is 1.61. The van der Waals surface area contributed by atoms with Gasteiger partial charge in [-0.25, -0.2) is 4.68 Å². The number of benzene rings is 2. The van der Waals surface area contributed by atoms with Crippen molar-refractivity contribution in [2.24, 2.45) is 0 Å². The van der Waals surface area contributed by atoms with Gasteiger partial charge in [-0.1, -0.05) is 48.5 Å². The molecule has 6 heteroatoms. The van der Waals surface area contributed by atoms with Crippen molar-refractivity contribution in [2.75, 3.05) is 13.2 Å². The van der Waals surface area contributed by atoms with Gasteiger partial charge in [-0.05, 0) is 25.1 Å². The standard InChI is InChI=1S/C21H21N3O3/c1-16(21(26)22-14-15-27-18-10-6-3-7-11-18)24-20(25)13-12-19(23-24)17-8-4-2-5-9-17/h2-13,16H,14-15H2,1H3,(H,22,26). The monoisotopic (exact) mass is 363 g/mol. The molecule has 1 atom stereocenters. The molecule has 0 radical (unpaired) electrons. The molecule has 0 aliphatic carbocycles. The second-order valence-electron chi connectivity index (χ2n) is 6.00. The molecule has 0 aliphatic heterocycles. The van der Waals surface area contributed by atoms with Crippen LogP contribution in [0.3, 0.4) is 0 Å². The van der Waals surface area contributed by atoms with Crippen molar-refractivity contribution in [3.05, 3.63) is 83.2 Å². The smallest absolute Gasteiger partial charge is 0.267 e. The van der Waals surface area contributed by atoms with Gasteiger partial charge in [0.2, 0.25) is 5.91 Å². The molecule has 2 aromatic carbocycles. The number of hydrogen-bond acceptors (Lipinski definition) is 4. The van der Waals surface area contributed by atoms with Gasteiger partial charge in [-0.15, -0.1) is 0 Å². The van der Waals surface area contributed by atoms with Gasteiger partial charge in [-0.2, -0.15) is 5.10 Å². The zero-order chi connectivity index (χ0) is 19.1. The van der Waals surface area contributed by atoms with E-state index < -0.39 is 6.04 Å². The van der Waals surface area contributed by atoms with E-state index in [1.54, 1.807) is 13.0 Å². The maximum absolute atomic E-state index is 12.4. The first kappa shape index (κ1) is 18.4. The molecule has 1 heterocycles. The molecule has 0 saturated heterocycles. The number of carbonyl (C=O) groups excluding carboxylic acids is 1. The van der Waals surface area contributed by atoms with Gasteiger partial charge in [0, 0.05) is 11.6 Å². The predicted octanol–water partition coefficient (Wildman–Crippen LogP) is 2.67. The van der Waals surface area contributed by atoms with E-state index in [2.05, 4.69) is 10.4 Å².